The van der Waals surface area contributed by atoms with Gasteiger partial charge in [-0.05, 0) is 61.6 Å². The number of benzene rings is 2. The molecule has 0 atom stereocenters. The standard InChI is InChI=1S/C25H30ClN3O5S/c1-34-23-9-8-21(17-22(23)26)35(32,33)29-14-10-19(11-15-29)25(31)27-20-6-4-18(5-7-20)16-24(30)28-12-2-3-13-28/h4-9,17,19H,2-3,10-16H2,1H3,(H,27,31). The summed E-state index contributed by atoms with van der Waals surface area (Å²) in [5.41, 5.74) is 1.58. The summed E-state index contributed by atoms with van der Waals surface area (Å²) in [7, 11) is -2.24. The van der Waals surface area contributed by atoms with Crippen LogP contribution in [0.5, 0.6) is 5.75 Å². The summed E-state index contributed by atoms with van der Waals surface area (Å²) in [5, 5.41) is 3.15. The van der Waals surface area contributed by atoms with E-state index in [-0.39, 0.29) is 40.7 Å². The van der Waals surface area contributed by atoms with E-state index in [9.17, 15) is 18.0 Å². The van der Waals surface area contributed by atoms with Crippen molar-refractivity contribution in [3.63, 3.8) is 0 Å². The minimum Gasteiger partial charge on any atom is -0.495 e. The van der Waals surface area contributed by atoms with Gasteiger partial charge >= 0.3 is 0 Å². The van der Waals surface area contributed by atoms with Crippen LogP contribution >= 0.6 is 11.6 Å². The number of piperidine rings is 1. The van der Waals surface area contributed by atoms with Crippen LogP contribution < -0.4 is 10.1 Å². The summed E-state index contributed by atoms with van der Waals surface area (Å²) in [6.07, 6.45) is 3.35. The Morgan fingerprint density at radius 2 is 1.69 bits per heavy atom. The Labute approximate surface area is 211 Å². The first kappa shape index (κ1) is 25.5. The molecule has 188 valence electrons. The number of anilines is 1. The Hall–Kier alpha value is -2.62. The van der Waals surface area contributed by atoms with E-state index < -0.39 is 10.0 Å². The zero-order valence-electron chi connectivity index (χ0n) is 19.7. The number of ether oxygens (including phenoxy) is 1. The van der Waals surface area contributed by atoms with Crippen molar-refractivity contribution in [1.82, 2.24) is 9.21 Å². The largest absolute Gasteiger partial charge is 0.495 e. The van der Waals surface area contributed by atoms with Crippen LogP contribution in [0.1, 0.15) is 31.2 Å². The number of carbonyl (C=O) groups is 2. The number of nitrogens with zero attached hydrogens (tertiary/aromatic N) is 2. The molecule has 2 aromatic carbocycles. The van der Waals surface area contributed by atoms with Crippen LogP contribution in [0.15, 0.2) is 47.4 Å². The van der Waals surface area contributed by atoms with Gasteiger partial charge in [0.05, 0.1) is 23.4 Å². The molecule has 1 N–H and O–H groups in total. The Bertz CT molecular complexity index is 1170. The Balaban J connectivity index is 1.29. The van der Waals surface area contributed by atoms with Gasteiger partial charge in [-0.2, -0.15) is 4.31 Å². The van der Waals surface area contributed by atoms with Gasteiger partial charge in [0.25, 0.3) is 0 Å². The van der Waals surface area contributed by atoms with Crippen molar-refractivity contribution in [2.45, 2.75) is 37.0 Å². The summed E-state index contributed by atoms with van der Waals surface area (Å²) >= 11 is 6.10. The first-order chi connectivity index (χ1) is 16.8. The average Bonchev–Trinajstić information content (AvgIpc) is 3.40. The first-order valence-corrected chi connectivity index (χ1v) is 13.6. The fraction of sp³-hybridized carbons (Fsp3) is 0.440. The zero-order valence-corrected chi connectivity index (χ0v) is 21.3. The van der Waals surface area contributed by atoms with Gasteiger partial charge in [0.1, 0.15) is 5.75 Å². The van der Waals surface area contributed by atoms with E-state index >= 15 is 0 Å². The SMILES string of the molecule is COc1ccc(S(=O)(=O)N2CCC(C(=O)Nc3ccc(CC(=O)N4CCCC4)cc3)CC2)cc1Cl. The molecule has 8 nitrogen and oxygen atoms in total. The molecule has 2 aliphatic heterocycles. The molecule has 4 rings (SSSR count). The van der Waals surface area contributed by atoms with Crippen molar-refractivity contribution in [2.24, 2.45) is 5.92 Å². The molecular formula is C25H30ClN3O5S. The monoisotopic (exact) mass is 519 g/mol. The molecule has 0 aliphatic carbocycles. The molecule has 0 saturated carbocycles. The number of hydrogen-bond acceptors (Lipinski definition) is 5. The third-order valence-corrected chi connectivity index (χ3v) is 8.81. The van der Waals surface area contributed by atoms with E-state index in [1.54, 1.807) is 12.1 Å². The van der Waals surface area contributed by atoms with E-state index in [0.29, 0.717) is 30.7 Å². The highest BCUT2D eigenvalue weighted by Crippen LogP contribution is 2.30. The second kappa shape index (κ2) is 11.0. The fourth-order valence-electron chi connectivity index (χ4n) is 4.52. The molecule has 35 heavy (non-hydrogen) atoms. The predicted octanol–water partition coefficient (Wildman–Crippen LogP) is 3.55. The number of hydrogen-bond donors (Lipinski definition) is 1. The number of sulfonamides is 1. The van der Waals surface area contributed by atoms with Gasteiger partial charge in [-0.15, -0.1) is 0 Å². The number of likely N-dealkylation sites (tertiary alicyclic amines) is 1. The number of carbonyl (C=O) groups excluding carboxylic acids is 2. The minimum atomic E-state index is -3.71. The van der Waals surface area contributed by atoms with Gasteiger partial charge in [-0.1, -0.05) is 23.7 Å². The fourth-order valence-corrected chi connectivity index (χ4v) is 6.34. The molecule has 0 radical (unpaired) electrons. The van der Waals surface area contributed by atoms with Gasteiger partial charge in [-0.3, -0.25) is 9.59 Å². The van der Waals surface area contributed by atoms with Crippen molar-refractivity contribution >= 4 is 39.1 Å². The lowest BCUT2D eigenvalue weighted by Crippen LogP contribution is -2.41. The molecule has 2 aromatic rings. The zero-order chi connectivity index (χ0) is 25.0. The van der Waals surface area contributed by atoms with Crippen LogP contribution in [0.3, 0.4) is 0 Å². The molecule has 2 aliphatic rings. The molecule has 0 aromatic heterocycles. The van der Waals surface area contributed by atoms with Crippen LogP contribution in [0.2, 0.25) is 5.02 Å². The van der Waals surface area contributed by atoms with Crippen molar-refractivity contribution in [1.29, 1.82) is 0 Å². The van der Waals surface area contributed by atoms with E-state index in [2.05, 4.69) is 5.32 Å². The van der Waals surface area contributed by atoms with E-state index in [0.717, 1.165) is 31.5 Å². The Morgan fingerprint density at radius 1 is 1.03 bits per heavy atom. The third-order valence-electron chi connectivity index (χ3n) is 6.62. The lowest BCUT2D eigenvalue weighted by molar-refractivity contribution is -0.129. The van der Waals surface area contributed by atoms with E-state index in [1.165, 1.54) is 29.6 Å². The normalized spacial score (nSPS) is 17.4. The highest BCUT2D eigenvalue weighted by molar-refractivity contribution is 7.89. The summed E-state index contributed by atoms with van der Waals surface area (Å²) in [6.45, 7) is 2.17. The number of methoxy groups -OCH3 is 1. The summed E-state index contributed by atoms with van der Waals surface area (Å²) < 4.78 is 32.5. The van der Waals surface area contributed by atoms with Crippen LogP contribution in [0.25, 0.3) is 0 Å². The van der Waals surface area contributed by atoms with Crippen molar-refractivity contribution in [3.05, 3.63) is 53.1 Å². The molecule has 10 heteroatoms. The number of rotatable bonds is 7. The molecule has 2 saturated heterocycles. The van der Waals surface area contributed by atoms with Crippen molar-refractivity contribution < 1.29 is 22.7 Å². The molecule has 0 unspecified atom stereocenters. The van der Waals surface area contributed by atoms with Crippen molar-refractivity contribution in [3.8, 4) is 5.75 Å². The summed E-state index contributed by atoms with van der Waals surface area (Å²) in [4.78, 5) is 27.1. The van der Waals surface area contributed by atoms with Crippen LogP contribution in [0.4, 0.5) is 5.69 Å². The third kappa shape index (κ3) is 5.97. The molecule has 2 amide bonds. The molecule has 0 bridgehead atoms. The number of nitrogens with one attached hydrogen (secondary N) is 1. The predicted molar refractivity (Wildman–Crippen MR) is 134 cm³/mol. The van der Waals surface area contributed by atoms with Gasteiger partial charge in [0.2, 0.25) is 21.8 Å². The van der Waals surface area contributed by atoms with Crippen LogP contribution in [0, 0.1) is 5.92 Å². The van der Waals surface area contributed by atoms with Crippen molar-refractivity contribution in [2.75, 3.05) is 38.6 Å². The number of halogens is 1. The molecule has 2 fully saturated rings. The average molecular weight is 520 g/mol. The lowest BCUT2D eigenvalue weighted by Gasteiger charge is -2.30. The topological polar surface area (TPSA) is 96.0 Å². The highest BCUT2D eigenvalue weighted by Gasteiger charge is 2.32. The van der Waals surface area contributed by atoms with Gasteiger partial charge in [-0.25, -0.2) is 8.42 Å². The van der Waals surface area contributed by atoms with Crippen LogP contribution in [-0.2, 0) is 26.0 Å². The smallest absolute Gasteiger partial charge is 0.243 e. The minimum absolute atomic E-state index is 0.106. The van der Waals surface area contributed by atoms with Crippen LogP contribution in [-0.4, -0.2) is 62.7 Å². The Kier molecular flexibility index (Phi) is 7.98. The molecular weight excluding hydrogens is 490 g/mol. The first-order valence-electron chi connectivity index (χ1n) is 11.8. The Morgan fingerprint density at radius 3 is 2.29 bits per heavy atom. The maximum atomic E-state index is 13.0. The molecule has 0 spiro atoms. The highest BCUT2D eigenvalue weighted by atomic mass is 35.5. The lowest BCUT2D eigenvalue weighted by atomic mass is 9.97. The maximum Gasteiger partial charge on any atom is 0.243 e. The number of amides is 2. The van der Waals surface area contributed by atoms with E-state index in [1.807, 2.05) is 17.0 Å². The van der Waals surface area contributed by atoms with Gasteiger partial charge < -0.3 is 15.0 Å². The van der Waals surface area contributed by atoms with Gasteiger partial charge in [0.15, 0.2) is 0 Å². The molecule has 2 heterocycles. The summed E-state index contributed by atoms with van der Waals surface area (Å²) in [5.74, 6) is 0.137. The quantitative estimate of drug-likeness (QED) is 0.603. The van der Waals surface area contributed by atoms with Gasteiger partial charge in [0, 0.05) is 37.8 Å². The second-order valence-electron chi connectivity index (χ2n) is 8.93. The second-order valence-corrected chi connectivity index (χ2v) is 11.3. The maximum absolute atomic E-state index is 13.0. The van der Waals surface area contributed by atoms with E-state index in [4.69, 9.17) is 16.3 Å². The summed E-state index contributed by atoms with van der Waals surface area (Å²) in [6, 6.07) is 11.7.